The molecule has 0 saturated heterocycles. The fourth-order valence-electron chi connectivity index (χ4n) is 4.39. The largest absolute Gasteiger partial charge is 0.456 e. The summed E-state index contributed by atoms with van der Waals surface area (Å²) < 4.78 is 6.15. The fourth-order valence-corrected chi connectivity index (χ4v) is 4.39. The summed E-state index contributed by atoms with van der Waals surface area (Å²) in [7, 11) is 4.18. The molecule has 5 nitrogen and oxygen atoms in total. The normalized spacial score (nSPS) is 15.9. The van der Waals surface area contributed by atoms with E-state index >= 15 is 0 Å². The van der Waals surface area contributed by atoms with E-state index in [-0.39, 0.29) is 0 Å². The standard InChI is InChI=1S/C26H24N4O/c1-27-9-11-29(17-27)21-13-20(14-22(16-21)30-12-10-28(2)18-30)19-7-8-24-23-5-3-4-6-25(23)31-26(24)15-19/h3-16H,17-18H2,1-2H3. The van der Waals surface area contributed by atoms with Gasteiger partial charge in [0, 0.05) is 61.0 Å². The molecule has 3 aromatic carbocycles. The zero-order chi connectivity index (χ0) is 20.9. The van der Waals surface area contributed by atoms with Crippen molar-refractivity contribution in [3.05, 3.63) is 85.5 Å². The molecule has 3 heterocycles. The summed E-state index contributed by atoms with van der Waals surface area (Å²) in [4.78, 5) is 8.90. The average Bonchev–Trinajstić information content (AvgIpc) is 3.51. The van der Waals surface area contributed by atoms with Gasteiger partial charge in [0.1, 0.15) is 11.2 Å². The molecule has 154 valence electrons. The highest BCUT2D eigenvalue weighted by atomic mass is 16.3. The molecule has 5 heteroatoms. The first-order valence-electron chi connectivity index (χ1n) is 10.5. The highest BCUT2D eigenvalue weighted by Gasteiger charge is 2.18. The minimum Gasteiger partial charge on any atom is -0.456 e. The van der Waals surface area contributed by atoms with Crippen LogP contribution < -0.4 is 9.80 Å². The van der Waals surface area contributed by atoms with Crippen LogP contribution in [0.4, 0.5) is 11.4 Å². The molecule has 0 amide bonds. The summed E-state index contributed by atoms with van der Waals surface area (Å²) in [6.07, 6.45) is 8.49. The van der Waals surface area contributed by atoms with Gasteiger partial charge in [-0.05, 0) is 47.5 Å². The molecule has 0 bridgehead atoms. The second-order valence-corrected chi connectivity index (χ2v) is 8.38. The summed E-state index contributed by atoms with van der Waals surface area (Å²) in [5, 5.41) is 2.32. The van der Waals surface area contributed by atoms with Crippen molar-refractivity contribution in [3.63, 3.8) is 0 Å². The SMILES string of the molecule is CN1C=CN(c2cc(-c3ccc4c(c3)oc3ccccc34)cc(N3C=CN(C)C3)c2)C1. The number of fused-ring (bicyclic) bond motifs is 3. The summed E-state index contributed by atoms with van der Waals surface area (Å²) >= 11 is 0. The Kier molecular flexibility index (Phi) is 3.96. The van der Waals surface area contributed by atoms with Crippen molar-refractivity contribution in [2.24, 2.45) is 0 Å². The van der Waals surface area contributed by atoms with Crippen LogP contribution in [0.25, 0.3) is 33.1 Å². The number of benzene rings is 3. The highest BCUT2D eigenvalue weighted by Crippen LogP contribution is 2.36. The van der Waals surface area contributed by atoms with Gasteiger partial charge in [-0.25, -0.2) is 0 Å². The van der Waals surface area contributed by atoms with Gasteiger partial charge in [-0.2, -0.15) is 0 Å². The maximum Gasteiger partial charge on any atom is 0.136 e. The monoisotopic (exact) mass is 408 g/mol. The van der Waals surface area contributed by atoms with Crippen LogP contribution in [0.2, 0.25) is 0 Å². The Balaban J connectivity index is 1.47. The third-order valence-electron chi connectivity index (χ3n) is 6.03. The molecular formula is C26H24N4O. The Morgan fingerprint density at radius 3 is 1.90 bits per heavy atom. The van der Waals surface area contributed by atoms with Crippen molar-refractivity contribution in [2.75, 3.05) is 37.2 Å². The molecule has 2 aliphatic rings. The zero-order valence-electron chi connectivity index (χ0n) is 17.7. The lowest BCUT2D eigenvalue weighted by Crippen LogP contribution is -2.23. The van der Waals surface area contributed by atoms with Crippen molar-refractivity contribution in [2.45, 2.75) is 0 Å². The number of hydrogen-bond donors (Lipinski definition) is 0. The van der Waals surface area contributed by atoms with Crippen LogP contribution >= 0.6 is 0 Å². The maximum absolute atomic E-state index is 6.15. The van der Waals surface area contributed by atoms with Crippen LogP contribution in [-0.4, -0.2) is 37.2 Å². The number of furan rings is 1. The number of para-hydroxylation sites is 1. The van der Waals surface area contributed by atoms with E-state index in [1.54, 1.807) is 0 Å². The molecule has 0 N–H and O–H groups in total. The van der Waals surface area contributed by atoms with E-state index in [4.69, 9.17) is 4.42 Å². The number of nitrogens with zero attached hydrogens (tertiary/aromatic N) is 4. The smallest absolute Gasteiger partial charge is 0.136 e. The third-order valence-corrected chi connectivity index (χ3v) is 6.03. The third kappa shape index (κ3) is 3.10. The second kappa shape index (κ2) is 6.84. The second-order valence-electron chi connectivity index (χ2n) is 8.38. The summed E-state index contributed by atoms with van der Waals surface area (Å²) in [6, 6.07) is 21.5. The molecular weight excluding hydrogens is 384 g/mol. The van der Waals surface area contributed by atoms with Gasteiger partial charge in [-0.1, -0.05) is 24.3 Å². The van der Waals surface area contributed by atoms with Crippen LogP contribution in [0.3, 0.4) is 0 Å². The first kappa shape index (κ1) is 18.0. The van der Waals surface area contributed by atoms with Crippen LogP contribution in [0.1, 0.15) is 0 Å². The molecule has 0 radical (unpaired) electrons. The molecule has 1 aromatic heterocycles. The number of hydrogen-bond acceptors (Lipinski definition) is 5. The first-order chi connectivity index (χ1) is 15.1. The number of anilines is 2. The Hall–Kier alpha value is -3.86. The van der Waals surface area contributed by atoms with E-state index < -0.39 is 0 Å². The van der Waals surface area contributed by atoms with Crippen LogP contribution in [0, 0.1) is 0 Å². The van der Waals surface area contributed by atoms with Crippen molar-refractivity contribution in [1.82, 2.24) is 9.80 Å². The Morgan fingerprint density at radius 1 is 0.613 bits per heavy atom. The van der Waals surface area contributed by atoms with Crippen LogP contribution in [-0.2, 0) is 0 Å². The van der Waals surface area contributed by atoms with Gasteiger partial charge in [0.15, 0.2) is 0 Å². The predicted molar refractivity (Wildman–Crippen MR) is 128 cm³/mol. The van der Waals surface area contributed by atoms with Gasteiger partial charge < -0.3 is 24.0 Å². The molecule has 4 aromatic rings. The molecule has 0 fully saturated rings. The van der Waals surface area contributed by atoms with Crippen molar-refractivity contribution >= 4 is 33.3 Å². The minimum atomic E-state index is 0.848. The molecule has 0 aliphatic carbocycles. The molecule has 2 aliphatic heterocycles. The van der Waals surface area contributed by atoms with Crippen LogP contribution in [0.15, 0.2) is 89.9 Å². The topological polar surface area (TPSA) is 26.1 Å². The quantitative estimate of drug-likeness (QED) is 0.439. The minimum absolute atomic E-state index is 0.848. The van der Waals surface area contributed by atoms with Crippen molar-refractivity contribution in [3.8, 4) is 11.1 Å². The molecule has 0 saturated carbocycles. The summed E-state index contributed by atoms with van der Waals surface area (Å²) in [6.45, 7) is 1.70. The lowest BCUT2D eigenvalue weighted by Gasteiger charge is -2.24. The van der Waals surface area contributed by atoms with E-state index in [0.717, 1.165) is 40.8 Å². The summed E-state index contributed by atoms with van der Waals surface area (Å²) in [5.41, 5.74) is 6.55. The van der Waals surface area contributed by atoms with Crippen LogP contribution in [0.5, 0.6) is 0 Å². The van der Waals surface area contributed by atoms with E-state index in [1.165, 1.54) is 16.9 Å². The molecule has 31 heavy (non-hydrogen) atoms. The van der Waals surface area contributed by atoms with Gasteiger partial charge in [0.05, 0.1) is 13.3 Å². The van der Waals surface area contributed by atoms with Crippen molar-refractivity contribution in [1.29, 1.82) is 0 Å². The van der Waals surface area contributed by atoms with Gasteiger partial charge in [0.25, 0.3) is 0 Å². The van der Waals surface area contributed by atoms with Gasteiger partial charge in [-0.3, -0.25) is 0 Å². The van der Waals surface area contributed by atoms with Gasteiger partial charge >= 0.3 is 0 Å². The van der Waals surface area contributed by atoms with E-state index in [2.05, 4.69) is 107 Å². The van der Waals surface area contributed by atoms with Gasteiger partial charge in [-0.15, -0.1) is 0 Å². The van der Waals surface area contributed by atoms with Crippen molar-refractivity contribution < 1.29 is 4.42 Å². The lowest BCUT2D eigenvalue weighted by atomic mass is 10.0. The average molecular weight is 409 g/mol. The zero-order valence-corrected chi connectivity index (χ0v) is 17.7. The lowest BCUT2D eigenvalue weighted by molar-refractivity contribution is 0.494. The molecule has 6 rings (SSSR count). The van der Waals surface area contributed by atoms with E-state index in [1.807, 2.05) is 12.1 Å². The molecule has 0 spiro atoms. The maximum atomic E-state index is 6.15. The van der Waals surface area contributed by atoms with E-state index in [0.29, 0.717) is 0 Å². The molecule has 0 unspecified atom stereocenters. The van der Waals surface area contributed by atoms with E-state index in [9.17, 15) is 0 Å². The number of rotatable bonds is 3. The highest BCUT2D eigenvalue weighted by molar-refractivity contribution is 6.05. The Morgan fingerprint density at radius 2 is 1.26 bits per heavy atom. The summed E-state index contributed by atoms with van der Waals surface area (Å²) in [5.74, 6) is 0. The Bertz CT molecular complexity index is 1310. The first-order valence-corrected chi connectivity index (χ1v) is 10.5. The fraction of sp³-hybridized carbons (Fsp3) is 0.154. The predicted octanol–water partition coefficient (Wildman–Crippen LogP) is 5.61. The Labute approximate surface area is 181 Å². The molecule has 0 atom stereocenters. The van der Waals surface area contributed by atoms with Gasteiger partial charge in [0.2, 0.25) is 0 Å².